The van der Waals surface area contributed by atoms with Gasteiger partial charge in [0.1, 0.15) is 5.65 Å². The lowest BCUT2D eigenvalue weighted by molar-refractivity contribution is 0.383. The molecule has 0 amide bonds. The van der Waals surface area contributed by atoms with Crippen LogP contribution < -0.4 is 10.7 Å². The van der Waals surface area contributed by atoms with Crippen molar-refractivity contribution in [2.24, 2.45) is 0 Å². The van der Waals surface area contributed by atoms with Crippen molar-refractivity contribution in [2.45, 2.75) is 0 Å². The molecular formula is C7H8N2O6P2. The fourth-order valence-corrected chi connectivity index (χ4v) is 2.53. The zero-order chi connectivity index (χ0) is 12.8. The van der Waals surface area contributed by atoms with Crippen molar-refractivity contribution in [3.8, 4) is 0 Å². The number of aromatic nitrogens is 2. The minimum absolute atomic E-state index is 0.195. The first-order chi connectivity index (χ1) is 7.69. The smallest absolute Gasteiger partial charge is 0.321 e. The van der Waals surface area contributed by atoms with Gasteiger partial charge in [-0.1, -0.05) is 0 Å². The van der Waals surface area contributed by atoms with Crippen LogP contribution in [0.2, 0.25) is 0 Å². The molecule has 0 aliphatic rings. The van der Waals surface area contributed by atoms with Gasteiger partial charge in [0.25, 0.3) is 0 Å². The largest absolute Gasteiger partial charge is 0.374 e. The molecule has 4 N–H and O–H groups in total. The third-order valence-corrected chi connectivity index (χ3v) is 3.97. The maximum atomic E-state index is 11.1. The van der Waals surface area contributed by atoms with Crippen LogP contribution in [0.5, 0.6) is 0 Å². The van der Waals surface area contributed by atoms with Crippen molar-refractivity contribution in [2.75, 3.05) is 0 Å². The van der Waals surface area contributed by atoms with Crippen molar-refractivity contribution < 1.29 is 28.7 Å². The molecule has 2 aromatic heterocycles. The lowest BCUT2D eigenvalue weighted by Crippen LogP contribution is -2.15. The first-order valence-electron chi connectivity index (χ1n) is 4.29. The van der Waals surface area contributed by atoms with E-state index < -0.39 is 20.6 Å². The fraction of sp³-hybridized carbons (Fsp3) is 0. The Kier molecular flexibility index (Phi) is 2.74. The number of rotatable bonds is 2. The van der Waals surface area contributed by atoms with Gasteiger partial charge in [-0.3, -0.25) is 13.5 Å². The van der Waals surface area contributed by atoms with Crippen LogP contribution in [0, 0.1) is 0 Å². The molecule has 0 aliphatic heterocycles. The van der Waals surface area contributed by atoms with Gasteiger partial charge >= 0.3 is 15.2 Å². The molecule has 8 nitrogen and oxygen atoms in total. The Bertz CT molecular complexity index is 668. The Balaban J connectivity index is 2.76. The third-order valence-electron chi connectivity index (χ3n) is 2.11. The number of hydrogen-bond acceptors (Lipinski definition) is 3. The second kappa shape index (κ2) is 3.74. The van der Waals surface area contributed by atoms with Crippen LogP contribution >= 0.6 is 15.2 Å². The quantitative estimate of drug-likeness (QED) is 0.514. The summed E-state index contributed by atoms with van der Waals surface area (Å²) in [5.74, 6) is 0. The van der Waals surface area contributed by atoms with Crippen LogP contribution in [0.15, 0.2) is 24.5 Å². The van der Waals surface area contributed by atoms with Crippen molar-refractivity contribution in [3.05, 3.63) is 24.5 Å². The third kappa shape index (κ3) is 2.32. The summed E-state index contributed by atoms with van der Waals surface area (Å²) in [7, 11) is -9.01. The van der Waals surface area contributed by atoms with E-state index in [-0.39, 0.29) is 11.0 Å². The molecular weight excluding hydrogens is 270 g/mol. The molecule has 0 aliphatic carbocycles. The Morgan fingerprint density at radius 1 is 1.06 bits per heavy atom. The van der Waals surface area contributed by atoms with E-state index in [9.17, 15) is 9.13 Å². The lowest BCUT2D eigenvalue weighted by atomic mass is 10.5. The summed E-state index contributed by atoms with van der Waals surface area (Å²) in [6, 6.07) is 2.43. The highest BCUT2D eigenvalue weighted by atomic mass is 31.2. The van der Waals surface area contributed by atoms with E-state index in [2.05, 4.69) is 4.98 Å². The molecule has 92 valence electrons. The van der Waals surface area contributed by atoms with Crippen LogP contribution in [0.25, 0.3) is 5.65 Å². The number of nitrogens with zero attached hydrogens (tertiary/aromatic N) is 2. The van der Waals surface area contributed by atoms with Gasteiger partial charge in [0, 0.05) is 6.20 Å². The highest BCUT2D eigenvalue weighted by Gasteiger charge is 2.24. The van der Waals surface area contributed by atoms with Gasteiger partial charge in [-0.2, -0.15) is 0 Å². The van der Waals surface area contributed by atoms with Gasteiger partial charge in [0.05, 0.1) is 11.5 Å². The van der Waals surface area contributed by atoms with Crippen molar-refractivity contribution in [1.29, 1.82) is 0 Å². The van der Waals surface area contributed by atoms with E-state index in [1.165, 1.54) is 6.07 Å². The molecule has 0 unspecified atom stereocenters. The van der Waals surface area contributed by atoms with Crippen molar-refractivity contribution in [3.63, 3.8) is 0 Å². The molecule has 0 saturated carbocycles. The zero-order valence-electron chi connectivity index (χ0n) is 8.20. The van der Waals surface area contributed by atoms with Crippen molar-refractivity contribution in [1.82, 2.24) is 9.38 Å². The number of hydrogen-bond donors (Lipinski definition) is 4. The summed E-state index contributed by atoms with van der Waals surface area (Å²) in [6.07, 6.45) is 1.94. The van der Waals surface area contributed by atoms with Crippen LogP contribution in [-0.2, 0) is 9.13 Å². The number of fused-ring (bicyclic) bond motifs is 1. The SMILES string of the molecule is O=P(O)(O)c1ccc2ncc(P(=O)(O)O)n2c1. The molecule has 0 spiro atoms. The summed E-state index contributed by atoms with van der Waals surface area (Å²) in [5.41, 5.74) is -0.219. The van der Waals surface area contributed by atoms with Crippen molar-refractivity contribution >= 4 is 31.6 Å². The summed E-state index contributed by atoms with van der Waals surface area (Å²) in [5, 5.41) is -0.335. The van der Waals surface area contributed by atoms with Gasteiger partial charge in [-0.25, -0.2) is 4.98 Å². The predicted octanol–water partition coefficient (Wildman–Crippen LogP) is -1.06. The van der Waals surface area contributed by atoms with Crippen LogP contribution in [0.1, 0.15) is 0 Å². The Morgan fingerprint density at radius 2 is 1.71 bits per heavy atom. The molecule has 10 heteroatoms. The summed E-state index contributed by atoms with van der Waals surface area (Å²) < 4.78 is 23.1. The average Bonchev–Trinajstić information content (AvgIpc) is 2.57. The molecule has 2 heterocycles. The molecule has 0 radical (unpaired) electrons. The summed E-state index contributed by atoms with van der Waals surface area (Å²) in [4.78, 5) is 39.7. The Morgan fingerprint density at radius 3 is 2.24 bits per heavy atom. The maximum Gasteiger partial charge on any atom is 0.374 e. The molecule has 2 aromatic rings. The highest BCUT2D eigenvalue weighted by molar-refractivity contribution is 7.60. The number of imidazole rings is 1. The highest BCUT2D eigenvalue weighted by Crippen LogP contribution is 2.35. The van der Waals surface area contributed by atoms with E-state index >= 15 is 0 Å². The van der Waals surface area contributed by atoms with Gasteiger partial charge in [-0.05, 0) is 12.1 Å². The van der Waals surface area contributed by atoms with Crippen LogP contribution in [-0.4, -0.2) is 29.0 Å². The van der Waals surface area contributed by atoms with E-state index in [1.54, 1.807) is 0 Å². The van der Waals surface area contributed by atoms with Gasteiger partial charge in [0.2, 0.25) is 0 Å². The minimum atomic E-state index is -4.54. The normalized spacial score (nSPS) is 13.2. The average molecular weight is 278 g/mol. The topological polar surface area (TPSA) is 132 Å². The van der Waals surface area contributed by atoms with Gasteiger partial charge < -0.3 is 19.6 Å². The Hall–Kier alpha value is -1.01. The second-order valence-corrected chi connectivity index (χ2v) is 6.47. The summed E-state index contributed by atoms with van der Waals surface area (Å²) in [6.45, 7) is 0. The van der Waals surface area contributed by atoms with Crippen LogP contribution in [0.3, 0.4) is 0 Å². The summed E-state index contributed by atoms with van der Waals surface area (Å²) >= 11 is 0. The molecule has 0 atom stereocenters. The van der Waals surface area contributed by atoms with Crippen LogP contribution in [0.4, 0.5) is 0 Å². The Labute approximate surface area is 94.9 Å². The lowest BCUT2D eigenvalue weighted by Gasteiger charge is -2.07. The molecule has 0 bridgehead atoms. The zero-order valence-corrected chi connectivity index (χ0v) is 9.99. The first kappa shape index (κ1) is 12.4. The molecule has 0 fully saturated rings. The monoisotopic (exact) mass is 278 g/mol. The maximum absolute atomic E-state index is 11.1. The molecule has 0 aromatic carbocycles. The van der Waals surface area contributed by atoms with E-state index in [1.807, 2.05) is 0 Å². The fourth-order valence-electron chi connectivity index (χ4n) is 1.34. The predicted molar refractivity (Wildman–Crippen MR) is 58.5 cm³/mol. The van der Waals surface area contributed by atoms with Gasteiger partial charge in [-0.15, -0.1) is 0 Å². The van der Waals surface area contributed by atoms with Gasteiger partial charge in [0.15, 0.2) is 5.44 Å². The van der Waals surface area contributed by atoms with E-state index in [0.717, 1.165) is 22.9 Å². The van der Waals surface area contributed by atoms with E-state index in [4.69, 9.17) is 19.6 Å². The standard InChI is InChI=1S/C7H8N2O6P2/c10-16(11,12)5-1-2-6-8-3-7(9(6)4-5)17(13,14)15/h1-4H,(H2,10,11,12)(H2,13,14,15). The minimum Gasteiger partial charge on any atom is -0.321 e. The first-order valence-corrected chi connectivity index (χ1v) is 7.51. The molecule has 17 heavy (non-hydrogen) atoms. The second-order valence-electron chi connectivity index (χ2n) is 3.32. The number of pyridine rings is 1. The molecule has 0 saturated heterocycles. The molecule has 2 rings (SSSR count). The van der Waals surface area contributed by atoms with E-state index in [0.29, 0.717) is 0 Å².